The van der Waals surface area contributed by atoms with Crippen molar-refractivity contribution in [2.24, 2.45) is 0 Å². The number of benzene rings is 1. The molecule has 1 aliphatic heterocycles. The summed E-state index contributed by atoms with van der Waals surface area (Å²) in [6.45, 7) is 9.41. The zero-order valence-electron chi connectivity index (χ0n) is 12.1. The van der Waals surface area contributed by atoms with Crippen molar-refractivity contribution >= 4 is 5.69 Å². The summed E-state index contributed by atoms with van der Waals surface area (Å²) in [5.41, 5.74) is 1.18. The van der Waals surface area contributed by atoms with Crippen molar-refractivity contribution in [3.8, 4) is 5.75 Å². The van der Waals surface area contributed by atoms with Gasteiger partial charge < -0.3 is 15.0 Å². The molecule has 2 rings (SSSR count). The van der Waals surface area contributed by atoms with Crippen LogP contribution in [-0.4, -0.2) is 57.8 Å². The van der Waals surface area contributed by atoms with E-state index in [0.717, 1.165) is 45.0 Å². The molecule has 1 aromatic carbocycles. The van der Waals surface area contributed by atoms with Crippen LogP contribution >= 0.6 is 0 Å². The van der Waals surface area contributed by atoms with E-state index in [1.807, 2.05) is 19.1 Å². The number of likely N-dealkylation sites (N-methyl/N-ethyl adjacent to an activating group) is 1. The standard InChI is InChI=1S/C15H25N3O/c1-3-19-15-7-5-4-6-14(15)17(2)12-13-18-10-8-16-9-11-18/h4-7,16H,3,8-13H2,1-2H3. The average Bonchev–Trinajstić information content (AvgIpc) is 2.47. The summed E-state index contributed by atoms with van der Waals surface area (Å²) in [6.07, 6.45) is 0. The molecule has 1 N–H and O–H groups in total. The first-order valence-corrected chi connectivity index (χ1v) is 7.17. The van der Waals surface area contributed by atoms with E-state index in [2.05, 4.69) is 34.3 Å². The number of ether oxygens (including phenoxy) is 1. The Bertz CT molecular complexity index is 377. The van der Waals surface area contributed by atoms with E-state index < -0.39 is 0 Å². The van der Waals surface area contributed by atoms with Gasteiger partial charge in [-0.3, -0.25) is 4.90 Å². The van der Waals surface area contributed by atoms with Crippen LogP contribution in [0.5, 0.6) is 5.75 Å². The van der Waals surface area contributed by atoms with Gasteiger partial charge in [-0.15, -0.1) is 0 Å². The molecule has 1 aromatic rings. The lowest BCUT2D eigenvalue weighted by atomic mass is 10.2. The van der Waals surface area contributed by atoms with Gasteiger partial charge in [0, 0.05) is 46.3 Å². The van der Waals surface area contributed by atoms with Crippen molar-refractivity contribution in [2.75, 3.05) is 57.8 Å². The Hall–Kier alpha value is -1.26. The second-order valence-corrected chi connectivity index (χ2v) is 4.91. The lowest BCUT2D eigenvalue weighted by molar-refractivity contribution is 0.246. The Kier molecular flexibility index (Phi) is 5.48. The lowest BCUT2D eigenvalue weighted by Gasteiger charge is -2.30. The van der Waals surface area contributed by atoms with E-state index in [1.165, 1.54) is 5.69 Å². The molecule has 1 saturated heterocycles. The largest absolute Gasteiger partial charge is 0.492 e. The fourth-order valence-electron chi connectivity index (χ4n) is 2.40. The Balaban J connectivity index is 1.89. The van der Waals surface area contributed by atoms with Crippen molar-refractivity contribution in [2.45, 2.75) is 6.92 Å². The maximum absolute atomic E-state index is 5.68. The number of nitrogens with one attached hydrogen (secondary N) is 1. The van der Waals surface area contributed by atoms with E-state index in [0.29, 0.717) is 6.61 Å². The molecule has 0 atom stereocenters. The molecule has 106 valence electrons. The maximum Gasteiger partial charge on any atom is 0.142 e. The Morgan fingerprint density at radius 1 is 1.26 bits per heavy atom. The van der Waals surface area contributed by atoms with Gasteiger partial charge >= 0.3 is 0 Å². The molecule has 19 heavy (non-hydrogen) atoms. The second-order valence-electron chi connectivity index (χ2n) is 4.91. The molecule has 0 aromatic heterocycles. The molecule has 0 saturated carbocycles. The van der Waals surface area contributed by atoms with Crippen LogP contribution in [0.15, 0.2) is 24.3 Å². The predicted molar refractivity (Wildman–Crippen MR) is 80.2 cm³/mol. The second kappa shape index (κ2) is 7.36. The number of hydrogen-bond donors (Lipinski definition) is 1. The van der Waals surface area contributed by atoms with E-state index in [9.17, 15) is 0 Å². The predicted octanol–water partition coefficient (Wildman–Crippen LogP) is 1.43. The number of piperazine rings is 1. The number of rotatable bonds is 6. The molecule has 0 bridgehead atoms. The summed E-state index contributed by atoms with van der Waals surface area (Å²) in [6, 6.07) is 8.26. The molecule has 4 nitrogen and oxygen atoms in total. The number of nitrogens with zero attached hydrogens (tertiary/aromatic N) is 2. The van der Waals surface area contributed by atoms with E-state index in [1.54, 1.807) is 0 Å². The van der Waals surface area contributed by atoms with Gasteiger partial charge in [-0.2, -0.15) is 0 Å². The zero-order valence-corrected chi connectivity index (χ0v) is 12.1. The number of anilines is 1. The van der Waals surface area contributed by atoms with Gasteiger partial charge in [-0.05, 0) is 19.1 Å². The molecular weight excluding hydrogens is 238 g/mol. The first-order chi connectivity index (χ1) is 9.31. The summed E-state index contributed by atoms with van der Waals surface area (Å²) < 4.78 is 5.68. The molecule has 0 unspecified atom stereocenters. The molecule has 1 fully saturated rings. The van der Waals surface area contributed by atoms with Crippen LogP contribution in [0.3, 0.4) is 0 Å². The van der Waals surface area contributed by atoms with Crippen LogP contribution in [-0.2, 0) is 0 Å². The van der Waals surface area contributed by atoms with Crippen LogP contribution in [0, 0.1) is 0 Å². The minimum atomic E-state index is 0.711. The first kappa shape index (κ1) is 14.2. The smallest absolute Gasteiger partial charge is 0.142 e. The third kappa shape index (κ3) is 4.11. The van der Waals surface area contributed by atoms with Gasteiger partial charge in [0.25, 0.3) is 0 Å². The minimum Gasteiger partial charge on any atom is -0.492 e. The quantitative estimate of drug-likeness (QED) is 0.840. The van der Waals surface area contributed by atoms with Gasteiger partial charge in [0.05, 0.1) is 12.3 Å². The van der Waals surface area contributed by atoms with Crippen LogP contribution in [0.2, 0.25) is 0 Å². The van der Waals surface area contributed by atoms with Crippen LogP contribution in [0.4, 0.5) is 5.69 Å². The van der Waals surface area contributed by atoms with E-state index in [-0.39, 0.29) is 0 Å². The highest BCUT2D eigenvalue weighted by Crippen LogP contribution is 2.26. The van der Waals surface area contributed by atoms with Crippen molar-refractivity contribution in [3.05, 3.63) is 24.3 Å². The molecule has 1 heterocycles. The lowest BCUT2D eigenvalue weighted by Crippen LogP contribution is -2.46. The highest BCUT2D eigenvalue weighted by atomic mass is 16.5. The van der Waals surface area contributed by atoms with Crippen molar-refractivity contribution in [1.82, 2.24) is 10.2 Å². The van der Waals surface area contributed by atoms with Gasteiger partial charge in [-0.25, -0.2) is 0 Å². The number of hydrogen-bond acceptors (Lipinski definition) is 4. The van der Waals surface area contributed by atoms with Gasteiger partial charge in [0.2, 0.25) is 0 Å². The molecule has 0 amide bonds. The van der Waals surface area contributed by atoms with E-state index >= 15 is 0 Å². The first-order valence-electron chi connectivity index (χ1n) is 7.17. The van der Waals surface area contributed by atoms with Crippen LogP contribution < -0.4 is 15.0 Å². The third-order valence-electron chi connectivity index (χ3n) is 3.54. The highest BCUT2D eigenvalue weighted by molar-refractivity contribution is 5.57. The van der Waals surface area contributed by atoms with Crippen molar-refractivity contribution in [1.29, 1.82) is 0 Å². The number of para-hydroxylation sites is 2. The Labute approximate surface area is 116 Å². The summed E-state index contributed by atoms with van der Waals surface area (Å²) in [5, 5.41) is 3.38. The molecule has 4 heteroatoms. The van der Waals surface area contributed by atoms with Crippen LogP contribution in [0.25, 0.3) is 0 Å². The Morgan fingerprint density at radius 2 is 2.00 bits per heavy atom. The molecule has 0 spiro atoms. The third-order valence-corrected chi connectivity index (χ3v) is 3.54. The van der Waals surface area contributed by atoms with Crippen molar-refractivity contribution in [3.63, 3.8) is 0 Å². The maximum atomic E-state index is 5.68. The summed E-state index contributed by atoms with van der Waals surface area (Å²) in [7, 11) is 2.14. The monoisotopic (exact) mass is 263 g/mol. The SMILES string of the molecule is CCOc1ccccc1N(C)CCN1CCNCC1. The molecular formula is C15H25N3O. The topological polar surface area (TPSA) is 27.7 Å². The molecule has 0 aliphatic carbocycles. The minimum absolute atomic E-state index is 0.711. The highest BCUT2D eigenvalue weighted by Gasteiger charge is 2.12. The normalized spacial score (nSPS) is 16.3. The summed E-state index contributed by atoms with van der Waals surface area (Å²) >= 11 is 0. The summed E-state index contributed by atoms with van der Waals surface area (Å²) in [4.78, 5) is 4.79. The Morgan fingerprint density at radius 3 is 2.74 bits per heavy atom. The van der Waals surface area contributed by atoms with Crippen LogP contribution in [0.1, 0.15) is 6.92 Å². The zero-order chi connectivity index (χ0) is 13.5. The van der Waals surface area contributed by atoms with Gasteiger partial charge in [0.1, 0.15) is 5.75 Å². The summed E-state index contributed by atoms with van der Waals surface area (Å²) in [5.74, 6) is 0.979. The van der Waals surface area contributed by atoms with Gasteiger partial charge in [-0.1, -0.05) is 12.1 Å². The molecule has 0 radical (unpaired) electrons. The van der Waals surface area contributed by atoms with Crippen molar-refractivity contribution < 1.29 is 4.74 Å². The van der Waals surface area contributed by atoms with Gasteiger partial charge in [0.15, 0.2) is 0 Å². The average molecular weight is 263 g/mol. The fraction of sp³-hybridized carbons (Fsp3) is 0.600. The van der Waals surface area contributed by atoms with E-state index in [4.69, 9.17) is 4.74 Å². The molecule has 1 aliphatic rings. The fourth-order valence-corrected chi connectivity index (χ4v) is 2.40.